The number of pyridine rings is 1. The monoisotopic (exact) mass is 177 g/mol. The first kappa shape index (κ1) is 9.49. The summed E-state index contributed by atoms with van der Waals surface area (Å²) in [6.07, 6.45) is 1.89. The first-order chi connectivity index (χ1) is 6.29. The van der Waals surface area contributed by atoms with Crippen molar-refractivity contribution in [1.82, 2.24) is 4.98 Å². The zero-order valence-electron chi connectivity index (χ0n) is 7.40. The van der Waals surface area contributed by atoms with E-state index in [1.807, 2.05) is 12.1 Å². The predicted octanol–water partition coefficient (Wildman–Crippen LogP) is 1.00. The van der Waals surface area contributed by atoms with Gasteiger partial charge in [-0.25, -0.2) is 4.98 Å². The zero-order chi connectivity index (χ0) is 9.68. The van der Waals surface area contributed by atoms with Crippen LogP contribution in [0.4, 0.5) is 0 Å². The molecular formula is C9H11N3O. The van der Waals surface area contributed by atoms with Crippen molar-refractivity contribution in [2.45, 2.75) is 12.5 Å². The van der Waals surface area contributed by atoms with Crippen molar-refractivity contribution in [3.8, 4) is 11.9 Å². The first-order valence-corrected chi connectivity index (χ1v) is 3.91. The SMILES string of the molecule is COc1ncccc1[C@H](N)CC#N. The summed E-state index contributed by atoms with van der Waals surface area (Å²) < 4.78 is 5.01. The Morgan fingerprint density at radius 3 is 3.15 bits per heavy atom. The second-order valence-electron chi connectivity index (χ2n) is 2.57. The van der Waals surface area contributed by atoms with Gasteiger partial charge in [0.15, 0.2) is 0 Å². The van der Waals surface area contributed by atoms with Gasteiger partial charge >= 0.3 is 0 Å². The molecule has 0 unspecified atom stereocenters. The fourth-order valence-corrected chi connectivity index (χ4v) is 1.06. The summed E-state index contributed by atoms with van der Waals surface area (Å²) in [5.41, 5.74) is 6.51. The first-order valence-electron chi connectivity index (χ1n) is 3.91. The number of rotatable bonds is 3. The summed E-state index contributed by atoms with van der Waals surface area (Å²) in [4.78, 5) is 3.99. The van der Waals surface area contributed by atoms with Crippen LogP contribution < -0.4 is 10.5 Å². The maximum atomic E-state index is 8.47. The second kappa shape index (κ2) is 4.43. The molecule has 1 aromatic heterocycles. The fraction of sp³-hybridized carbons (Fsp3) is 0.333. The van der Waals surface area contributed by atoms with E-state index in [-0.39, 0.29) is 12.5 Å². The Morgan fingerprint density at radius 1 is 1.77 bits per heavy atom. The van der Waals surface area contributed by atoms with E-state index in [4.69, 9.17) is 15.7 Å². The normalized spacial score (nSPS) is 11.8. The molecule has 1 atom stereocenters. The molecule has 0 bridgehead atoms. The summed E-state index contributed by atoms with van der Waals surface area (Å²) in [7, 11) is 1.53. The van der Waals surface area contributed by atoms with E-state index in [9.17, 15) is 0 Å². The van der Waals surface area contributed by atoms with Crippen LogP contribution in [-0.2, 0) is 0 Å². The highest BCUT2D eigenvalue weighted by Gasteiger charge is 2.11. The smallest absolute Gasteiger partial charge is 0.217 e. The van der Waals surface area contributed by atoms with Crippen LogP contribution in [-0.4, -0.2) is 12.1 Å². The largest absolute Gasteiger partial charge is 0.481 e. The maximum Gasteiger partial charge on any atom is 0.217 e. The lowest BCUT2D eigenvalue weighted by Gasteiger charge is -2.10. The summed E-state index contributed by atoms with van der Waals surface area (Å²) in [6.45, 7) is 0. The van der Waals surface area contributed by atoms with Gasteiger partial charge in [-0.1, -0.05) is 6.07 Å². The Morgan fingerprint density at radius 2 is 2.54 bits per heavy atom. The van der Waals surface area contributed by atoms with Gasteiger partial charge in [-0.05, 0) is 6.07 Å². The molecule has 1 aromatic rings. The molecule has 0 aromatic carbocycles. The van der Waals surface area contributed by atoms with E-state index in [1.54, 1.807) is 12.3 Å². The Balaban J connectivity index is 2.93. The van der Waals surface area contributed by atoms with Crippen LogP contribution in [0.25, 0.3) is 0 Å². The number of methoxy groups -OCH3 is 1. The third-order valence-corrected chi connectivity index (χ3v) is 1.70. The molecule has 0 aliphatic heterocycles. The predicted molar refractivity (Wildman–Crippen MR) is 47.9 cm³/mol. The Labute approximate surface area is 77.0 Å². The van der Waals surface area contributed by atoms with Gasteiger partial charge in [0.05, 0.1) is 19.6 Å². The number of nitrogens with zero attached hydrogens (tertiary/aromatic N) is 2. The van der Waals surface area contributed by atoms with Gasteiger partial charge in [-0.2, -0.15) is 5.26 Å². The molecular weight excluding hydrogens is 166 g/mol. The molecule has 0 radical (unpaired) electrons. The minimum Gasteiger partial charge on any atom is -0.481 e. The van der Waals surface area contributed by atoms with Crippen LogP contribution in [0.5, 0.6) is 5.88 Å². The topological polar surface area (TPSA) is 71.9 Å². The fourth-order valence-electron chi connectivity index (χ4n) is 1.06. The number of hydrogen-bond donors (Lipinski definition) is 1. The van der Waals surface area contributed by atoms with Crippen LogP contribution in [0.1, 0.15) is 18.0 Å². The Kier molecular flexibility index (Phi) is 3.23. The second-order valence-corrected chi connectivity index (χ2v) is 2.57. The number of ether oxygens (including phenoxy) is 1. The van der Waals surface area contributed by atoms with E-state index >= 15 is 0 Å². The van der Waals surface area contributed by atoms with Crippen molar-refractivity contribution in [2.24, 2.45) is 5.73 Å². The molecule has 13 heavy (non-hydrogen) atoms. The van der Waals surface area contributed by atoms with Gasteiger partial charge in [0.1, 0.15) is 0 Å². The third-order valence-electron chi connectivity index (χ3n) is 1.70. The van der Waals surface area contributed by atoms with Crippen LogP contribution in [0.2, 0.25) is 0 Å². The Bertz CT molecular complexity index is 319. The van der Waals surface area contributed by atoms with E-state index in [2.05, 4.69) is 4.98 Å². The molecule has 0 fully saturated rings. The van der Waals surface area contributed by atoms with E-state index in [0.717, 1.165) is 5.56 Å². The molecule has 0 aliphatic carbocycles. The summed E-state index contributed by atoms with van der Waals surface area (Å²) in [5, 5.41) is 8.47. The number of nitriles is 1. The minimum atomic E-state index is -0.325. The maximum absolute atomic E-state index is 8.47. The van der Waals surface area contributed by atoms with Crippen LogP contribution >= 0.6 is 0 Å². The molecule has 2 N–H and O–H groups in total. The quantitative estimate of drug-likeness (QED) is 0.747. The average Bonchev–Trinajstić information content (AvgIpc) is 2.18. The lowest BCUT2D eigenvalue weighted by Crippen LogP contribution is -2.11. The molecule has 68 valence electrons. The third kappa shape index (κ3) is 2.17. The molecule has 0 saturated carbocycles. The van der Waals surface area contributed by atoms with Gasteiger partial charge in [-0.15, -0.1) is 0 Å². The molecule has 1 heterocycles. The van der Waals surface area contributed by atoms with Crippen molar-refractivity contribution in [2.75, 3.05) is 7.11 Å². The van der Waals surface area contributed by atoms with Crippen molar-refractivity contribution < 1.29 is 4.74 Å². The van der Waals surface area contributed by atoms with Crippen LogP contribution in [0.3, 0.4) is 0 Å². The molecule has 4 heteroatoms. The van der Waals surface area contributed by atoms with Crippen LogP contribution in [0, 0.1) is 11.3 Å². The van der Waals surface area contributed by atoms with Gasteiger partial charge in [-0.3, -0.25) is 0 Å². The summed E-state index contributed by atoms with van der Waals surface area (Å²) >= 11 is 0. The minimum absolute atomic E-state index is 0.266. The summed E-state index contributed by atoms with van der Waals surface area (Å²) in [6, 6.07) is 5.27. The highest BCUT2D eigenvalue weighted by Crippen LogP contribution is 2.21. The standard InChI is InChI=1S/C9H11N3O/c1-13-9-7(3-2-6-12-9)8(11)4-5-10/h2-3,6,8H,4,11H2,1H3/t8-/m1/s1. The molecule has 0 amide bonds. The zero-order valence-corrected chi connectivity index (χ0v) is 7.40. The van der Waals surface area contributed by atoms with Crippen molar-refractivity contribution >= 4 is 0 Å². The highest BCUT2D eigenvalue weighted by atomic mass is 16.5. The van der Waals surface area contributed by atoms with Crippen molar-refractivity contribution in [1.29, 1.82) is 5.26 Å². The van der Waals surface area contributed by atoms with Gasteiger partial charge in [0, 0.05) is 17.8 Å². The van der Waals surface area contributed by atoms with E-state index < -0.39 is 0 Å². The molecule has 0 spiro atoms. The van der Waals surface area contributed by atoms with Gasteiger partial charge in [0.2, 0.25) is 5.88 Å². The highest BCUT2D eigenvalue weighted by molar-refractivity contribution is 5.29. The average molecular weight is 177 g/mol. The van der Waals surface area contributed by atoms with Gasteiger partial charge in [0.25, 0.3) is 0 Å². The van der Waals surface area contributed by atoms with Crippen molar-refractivity contribution in [3.05, 3.63) is 23.9 Å². The molecule has 4 nitrogen and oxygen atoms in total. The number of hydrogen-bond acceptors (Lipinski definition) is 4. The summed E-state index contributed by atoms with van der Waals surface area (Å²) in [5.74, 6) is 0.491. The Hall–Kier alpha value is -1.60. The van der Waals surface area contributed by atoms with E-state index in [0.29, 0.717) is 5.88 Å². The van der Waals surface area contributed by atoms with Gasteiger partial charge < -0.3 is 10.5 Å². The van der Waals surface area contributed by atoms with Crippen molar-refractivity contribution in [3.63, 3.8) is 0 Å². The number of aromatic nitrogens is 1. The van der Waals surface area contributed by atoms with E-state index in [1.165, 1.54) is 7.11 Å². The molecule has 0 saturated heterocycles. The lowest BCUT2D eigenvalue weighted by atomic mass is 10.1. The van der Waals surface area contributed by atoms with Crippen LogP contribution in [0.15, 0.2) is 18.3 Å². The lowest BCUT2D eigenvalue weighted by molar-refractivity contribution is 0.388. The molecule has 1 rings (SSSR count). The number of nitrogens with two attached hydrogens (primary N) is 1. The molecule has 0 aliphatic rings.